The summed E-state index contributed by atoms with van der Waals surface area (Å²) in [7, 11) is 0. The minimum atomic E-state index is -1.19. The summed E-state index contributed by atoms with van der Waals surface area (Å²) < 4.78 is 0. The maximum absolute atomic E-state index is 11.8. The number of nitrogens with one attached hydrogen (secondary N) is 3. The average Bonchev–Trinajstić information content (AvgIpc) is 2.54. The molecule has 27 heavy (non-hydrogen) atoms. The monoisotopic (exact) mass is 375 g/mol. The molecule has 1 aliphatic rings. The molecule has 0 radical (unpaired) electrons. The first kappa shape index (κ1) is 21.9. The SMILES string of the molecule is C=CCC1(CC(C)C)C(=O)NC(=O)NC1=O.CC(=O)Nc1ccc(O)cc1. The molecule has 1 saturated heterocycles. The van der Waals surface area contributed by atoms with Crippen LogP contribution >= 0.6 is 0 Å². The molecule has 1 fully saturated rings. The smallest absolute Gasteiger partial charge is 0.328 e. The zero-order valence-electron chi connectivity index (χ0n) is 15.7. The van der Waals surface area contributed by atoms with Crippen LogP contribution in [0.25, 0.3) is 0 Å². The highest BCUT2D eigenvalue weighted by Gasteiger charge is 2.49. The molecule has 146 valence electrons. The fourth-order valence-electron chi connectivity index (χ4n) is 2.73. The summed E-state index contributed by atoms with van der Waals surface area (Å²) in [6.45, 7) is 8.82. The molecule has 0 saturated carbocycles. The van der Waals surface area contributed by atoms with Gasteiger partial charge in [0.05, 0.1) is 0 Å². The van der Waals surface area contributed by atoms with Gasteiger partial charge in [-0.3, -0.25) is 25.0 Å². The van der Waals surface area contributed by atoms with Crippen molar-refractivity contribution >= 4 is 29.4 Å². The van der Waals surface area contributed by atoms with Crippen LogP contribution in [0, 0.1) is 11.3 Å². The van der Waals surface area contributed by atoms with Gasteiger partial charge in [0.25, 0.3) is 0 Å². The lowest BCUT2D eigenvalue weighted by atomic mass is 9.74. The third-order valence-corrected chi connectivity index (χ3v) is 3.76. The molecule has 1 aromatic rings. The lowest BCUT2D eigenvalue weighted by Gasteiger charge is -2.34. The third kappa shape index (κ3) is 6.25. The number of hydrogen-bond acceptors (Lipinski definition) is 5. The number of anilines is 1. The van der Waals surface area contributed by atoms with E-state index in [1.165, 1.54) is 25.1 Å². The molecular formula is C19H25N3O5. The summed E-state index contributed by atoms with van der Waals surface area (Å²) in [6, 6.07) is 5.56. The Hall–Kier alpha value is -3.16. The Labute approximate surface area is 158 Å². The second-order valence-corrected chi connectivity index (χ2v) is 6.64. The molecule has 1 aromatic carbocycles. The predicted octanol–water partition coefficient (Wildman–Crippen LogP) is 2.31. The van der Waals surface area contributed by atoms with Gasteiger partial charge in [-0.05, 0) is 43.0 Å². The van der Waals surface area contributed by atoms with E-state index in [1.54, 1.807) is 12.1 Å². The minimum Gasteiger partial charge on any atom is -0.508 e. The molecule has 0 aromatic heterocycles. The summed E-state index contributed by atoms with van der Waals surface area (Å²) in [5.74, 6) is -0.816. The van der Waals surface area contributed by atoms with Gasteiger partial charge in [0.2, 0.25) is 17.7 Å². The van der Waals surface area contributed by atoms with E-state index < -0.39 is 23.3 Å². The molecule has 0 bridgehead atoms. The van der Waals surface area contributed by atoms with Crippen molar-refractivity contribution in [3.05, 3.63) is 36.9 Å². The van der Waals surface area contributed by atoms with Gasteiger partial charge in [0.1, 0.15) is 11.2 Å². The largest absolute Gasteiger partial charge is 0.508 e. The number of imide groups is 2. The number of carbonyl (C=O) groups is 4. The standard InChI is InChI=1S/C11H16N2O3.C8H9NO2/c1-4-5-11(6-7(2)3)8(14)12-10(16)13-9(11)15;1-6(10)9-7-2-4-8(11)5-3-7/h4,7H,1,5-6H2,2-3H3,(H2,12,13,14,15,16);2-5,11H,1H3,(H,9,10). The van der Waals surface area contributed by atoms with E-state index in [-0.39, 0.29) is 24.0 Å². The Morgan fingerprint density at radius 2 is 1.70 bits per heavy atom. The number of hydrogen-bond donors (Lipinski definition) is 4. The first-order valence-corrected chi connectivity index (χ1v) is 8.45. The Bertz CT molecular complexity index is 705. The van der Waals surface area contributed by atoms with Crippen molar-refractivity contribution < 1.29 is 24.3 Å². The average molecular weight is 375 g/mol. The van der Waals surface area contributed by atoms with Crippen LogP contribution in [0.2, 0.25) is 0 Å². The molecule has 4 N–H and O–H groups in total. The van der Waals surface area contributed by atoms with E-state index in [9.17, 15) is 19.2 Å². The zero-order valence-corrected chi connectivity index (χ0v) is 15.7. The number of phenols is 1. The number of barbiturate groups is 1. The molecule has 0 spiro atoms. The number of carbonyl (C=O) groups excluding carboxylic acids is 4. The van der Waals surface area contributed by atoms with Gasteiger partial charge in [0, 0.05) is 12.6 Å². The highest BCUT2D eigenvalue weighted by molar-refractivity contribution is 6.19. The number of aromatic hydroxyl groups is 1. The number of phenolic OH excluding ortho intramolecular Hbond substituents is 1. The molecule has 0 unspecified atom stereocenters. The highest BCUT2D eigenvalue weighted by Crippen LogP contribution is 2.33. The van der Waals surface area contributed by atoms with Crippen LogP contribution in [0.3, 0.4) is 0 Å². The summed E-state index contributed by atoms with van der Waals surface area (Å²) in [6.07, 6.45) is 2.15. The van der Waals surface area contributed by atoms with Gasteiger partial charge in [-0.1, -0.05) is 19.9 Å². The van der Waals surface area contributed by atoms with Crippen LogP contribution in [0.4, 0.5) is 10.5 Å². The number of urea groups is 1. The van der Waals surface area contributed by atoms with E-state index in [2.05, 4.69) is 22.5 Å². The second kappa shape index (κ2) is 9.51. The topological polar surface area (TPSA) is 125 Å². The van der Waals surface area contributed by atoms with E-state index in [0.29, 0.717) is 12.1 Å². The summed E-state index contributed by atoms with van der Waals surface area (Å²) in [4.78, 5) is 45.1. The van der Waals surface area contributed by atoms with Crippen molar-refractivity contribution in [2.45, 2.75) is 33.6 Å². The van der Waals surface area contributed by atoms with Crippen molar-refractivity contribution in [1.82, 2.24) is 10.6 Å². The first-order valence-electron chi connectivity index (χ1n) is 8.45. The lowest BCUT2D eigenvalue weighted by molar-refractivity contribution is -0.145. The van der Waals surface area contributed by atoms with Gasteiger partial charge in [-0.15, -0.1) is 6.58 Å². The number of amides is 5. The quantitative estimate of drug-likeness (QED) is 0.357. The Kier molecular flexibility index (Phi) is 7.71. The second-order valence-electron chi connectivity index (χ2n) is 6.64. The Morgan fingerprint density at radius 1 is 1.19 bits per heavy atom. The predicted molar refractivity (Wildman–Crippen MR) is 101 cm³/mol. The number of benzene rings is 1. The van der Waals surface area contributed by atoms with Crippen LogP contribution in [0.5, 0.6) is 5.75 Å². The van der Waals surface area contributed by atoms with Crippen LogP contribution < -0.4 is 16.0 Å². The van der Waals surface area contributed by atoms with Gasteiger partial charge >= 0.3 is 6.03 Å². The minimum absolute atomic E-state index is 0.115. The van der Waals surface area contributed by atoms with E-state index in [4.69, 9.17) is 5.11 Å². The fraction of sp³-hybridized carbons (Fsp3) is 0.368. The maximum Gasteiger partial charge on any atom is 0.328 e. The molecule has 8 nitrogen and oxygen atoms in total. The van der Waals surface area contributed by atoms with Crippen LogP contribution in [-0.4, -0.2) is 28.9 Å². The first-order chi connectivity index (χ1) is 12.6. The Balaban J connectivity index is 0.000000289. The van der Waals surface area contributed by atoms with Crippen LogP contribution in [0.1, 0.15) is 33.6 Å². The third-order valence-electron chi connectivity index (χ3n) is 3.76. The van der Waals surface area contributed by atoms with Gasteiger partial charge in [-0.25, -0.2) is 4.79 Å². The summed E-state index contributed by atoms with van der Waals surface area (Å²) >= 11 is 0. The van der Waals surface area contributed by atoms with Crippen molar-refractivity contribution in [1.29, 1.82) is 0 Å². The molecule has 2 rings (SSSR count). The number of rotatable bonds is 5. The van der Waals surface area contributed by atoms with E-state index >= 15 is 0 Å². The van der Waals surface area contributed by atoms with Crippen molar-refractivity contribution in [2.75, 3.05) is 5.32 Å². The zero-order chi connectivity index (χ0) is 20.6. The Morgan fingerprint density at radius 3 is 2.11 bits per heavy atom. The summed E-state index contributed by atoms with van der Waals surface area (Å²) in [5, 5.41) is 15.7. The highest BCUT2D eigenvalue weighted by atomic mass is 16.3. The van der Waals surface area contributed by atoms with Crippen LogP contribution in [0.15, 0.2) is 36.9 Å². The van der Waals surface area contributed by atoms with Crippen molar-refractivity contribution in [2.24, 2.45) is 11.3 Å². The van der Waals surface area contributed by atoms with Gasteiger partial charge < -0.3 is 10.4 Å². The molecule has 1 aliphatic heterocycles. The van der Waals surface area contributed by atoms with Gasteiger partial charge in [-0.2, -0.15) is 0 Å². The molecule has 0 atom stereocenters. The van der Waals surface area contributed by atoms with E-state index in [1.807, 2.05) is 13.8 Å². The molecular weight excluding hydrogens is 350 g/mol. The normalized spacial score (nSPS) is 15.2. The molecule has 0 aliphatic carbocycles. The number of allylic oxidation sites excluding steroid dienone is 1. The molecule has 8 heteroatoms. The van der Waals surface area contributed by atoms with E-state index in [0.717, 1.165) is 0 Å². The fourth-order valence-corrected chi connectivity index (χ4v) is 2.73. The maximum atomic E-state index is 11.8. The summed E-state index contributed by atoms with van der Waals surface area (Å²) in [5.41, 5.74) is -0.501. The van der Waals surface area contributed by atoms with Crippen molar-refractivity contribution in [3.63, 3.8) is 0 Å². The lowest BCUT2D eigenvalue weighted by Crippen LogP contribution is -2.62. The van der Waals surface area contributed by atoms with Gasteiger partial charge in [0.15, 0.2) is 0 Å². The van der Waals surface area contributed by atoms with Crippen LogP contribution in [-0.2, 0) is 14.4 Å². The van der Waals surface area contributed by atoms with Crippen molar-refractivity contribution in [3.8, 4) is 5.75 Å². The molecule has 1 heterocycles. The molecule has 5 amide bonds.